The van der Waals surface area contributed by atoms with Gasteiger partial charge in [0.25, 0.3) is 5.91 Å². The Kier molecular flexibility index (Phi) is 3.13. The van der Waals surface area contributed by atoms with Crippen LogP contribution in [0.5, 0.6) is 0 Å². The van der Waals surface area contributed by atoms with Gasteiger partial charge in [-0.2, -0.15) is 0 Å². The molecular weight excluding hydrogens is 250 g/mol. The molecule has 3 rings (SSSR count). The molecule has 0 aliphatic carbocycles. The summed E-state index contributed by atoms with van der Waals surface area (Å²) in [5.41, 5.74) is 2.45. The molecule has 0 saturated carbocycles. The van der Waals surface area contributed by atoms with Crippen LogP contribution < -0.4 is 5.32 Å². The summed E-state index contributed by atoms with van der Waals surface area (Å²) in [5.74, 6) is 0.362. The minimum absolute atomic E-state index is 0.181. The maximum atomic E-state index is 12.3. The number of amides is 1. The fourth-order valence-electron chi connectivity index (χ4n) is 2.02. The van der Waals surface area contributed by atoms with Gasteiger partial charge in [-0.1, -0.05) is 24.3 Å². The Labute approximate surface area is 116 Å². The van der Waals surface area contributed by atoms with Crippen LogP contribution in [0.3, 0.4) is 0 Å². The largest absolute Gasteiger partial charge is 0.307 e. The van der Waals surface area contributed by atoms with Crippen LogP contribution in [-0.4, -0.2) is 15.9 Å². The molecule has 1 N–H and O–H groups in total. The zero-order valence-corrected chi connectivity index (χ0v) is 11.0. The smallest absolute Gasteiger partial charge is 0.257 e. The standard InChI is InChI=1S/C16H13N3O/c1-11-6-7-15(18-10-11)19-16(20)13-8-9-17-14-5-3-2-4-12(13)14/h2-10H,1H3,(H,18,19,20). The summed E-state index contributed by atoms with van der Waals surface area (Å²) in [6, 6.07) is 13.0. The highest BCUT2D eigenvalue weighted by molar-refractivity contribution is 6.11. The van der Waals surface area contributed by atoms with E-state index in [4.69, 9.17) is 0 Å². The summed E-state index contributed by atoms with van der Waals surface area (Å²) in [7, 11) is 0. The molecule has 3 aromatic rings. The van der Waals surface area contributed by atoms with Gasteiger partial charge >= 0.3 is 0 Å². The van der Waals surface area contributed by atoms with Gasteiger partial charge in [0.2, 0.25) is 0 Å². The van der Waals surface area contributed by atoms with Crippen molar-refractivity contribution in [3.05, 3.63) is 66.0 Å². The molecule has 0 spiro atoms. The Morgan fingerprint density at radius 2 is 1.90 bits per heavy atom. The van der Waals surface area contributed by atoms with Crippen molar-refractivity contribution in [2.24, 2.45) is 0 Å². The molecule has 20 heavy (non-hydrogen) atoms. The predicted octanol–water partition coefficient (Wildman–Crippen LogP) is 3.19. The Morgan fingerprint density at radius 3 is 2.70 bits per heavy atom. The first-order chi connectivity index (χ1) is 9.74. The number of carbonyl (C=O) groups excluding carboxylic acids is 1. The molecule has 0 aliphatic rings. The van der Waals surface area contributed by atoms with Crippen molar-refractivity contribution in [3.8, 4) is 0 Å². The molecule has 0 saturated heterocycles. The zero-order valence-electron chi connectivity index (χ0n) is 11.0. The van der Waals surface area contributed by atoms with Crippen molar-refractivity contribution in [2.45, 2.75) is 6.92 Å². The Morgan fingerprint density at radius 1 is 1.05 bits per heavy atom. The number of hydrogen-bond donors (Lipinski definition) is 1. The Hall–Kier alpha value is -2.75. The van der Waals surface area contributed by atoms with Gasteiger partial charge in [0.15, 0.2) is 0 Å². The lowest BCUT2D eigenvalue weighted by atomic mass is 10.1. The van der Waals surface area contributed by atoms with E-state index in [9.17, 15) is 4.79 Å². The van der Waals surface area contributed by atoms with Crippen LogP contribution in [0.25, 0.3) is 10.9 Å². The number of para-hydroxylation sites is 1. The fourth-order valence-corrected chi connectivity index (χ4v) is 2.02. The molecule has 0 atom stereocenters. The Balaban J connectivity index is 1.94. The summed E-state index contributed by atoms with van der Waals surface area (Å²) in [6.45, 7) is 1.95. The molecule has 0 unspecified atom stereocenters. The van der Waals surface area contributed by atoms with Gasteiger partial charge in [0, 0.05) is 17.8 Å². The van der Waals surface area contributed by atoms with E-state index >= 15 is 0 Å². The summed E-state index contributed by atoms with van der Waals surface area (Å²) < 4.78 is 0. The lowest BCUT2D eigenvalue weighted by Gasteiger charge is -2.07. The SMILES string of the molecule is Cc1ccc(NC(=O)c2ccnc3ccccc23)nc1. The third kappa shape index (κ3) is 2.36. The van der Waals surface area contributed by atoms with E-state index in [2.05, 4.69) is 15.3 Å². The van der Waals surface area contributed by atoms with E-state index in [-0.39, 0.29) is 5.91 Å². The number of nitrogens with one attached hydrogen (secondary N) is 1. The highest BCUT2D eigenvalue weighted by Gasteiger charge is 2.10. The van der Waals surface area contributed by atoms with Crippen LogP contribution in [0.2, 0.25) is 0 Å². The van der Waals surface area contributed by atoms with Gasteiger partial charge < -0.3 is 5.32 Å². The maximum Gasteiger partial charge on any atom is 0.257 e. The molecular formula is C16H13N3O. The fraction of sp³-hybridized carbons (Fsp3) is 0.0625. The van der Waals surface area contributed by atoms with Crippen LogP contribution in [0.15, 0.2) is 54.9 Å². The molecule has 4 nitrogen and oxygen atoms in total. The van der Waals surface area contributed by atoms with Crippen molar-refractivity contribution in [3.63, 3.8) is 0 Å². The summed E-state index contributed by atoms with van der Waals surface area (Å²) in [4.78, 5) is 20.8. The molecule has 0 aliphatic heterocycles. The number of nitrogens with zero attached hydrogens (tertiary/aromatic N) is 2. The van der Waals surface area contributed by atoms with Crippen molar-refractivity contribution in [2.75, 3.05) is 5.32 Å². The molecule has 2 heterocycles. The number of aromatic nitrogens is 2. The molecule has 1 aromatic carbocycles. The molecule has 0 fully saturated rings. The van der Waals surface area contributed by atoms with Crippen LogP contribution in [-0.2, 0) is 0 Å². The molecule has 2 aromatic heterocycles. The third-order valence-corrected chi connectivity index (χ3v) is 3.05. The van der Waals surface area contributed by atoms with Crippen LogP contribution in [0, 0.1) is 6.92 Å². The van der Waals surface area contributed by atoms with E-state index in [1.165, 1.54) is 0 Å². The number of benzene rings is 1. The van der Waals surface area contributed by atoms with Crippen molar-refractivity contribution < 1.29 is 4.79 Å². The molecule has 4 heteroatoms. The molecule has 98 valence electrons. The van der Waals surface area contributed by atoms with Crippen LogP contribution >= 0.6 is 0 Å². The van der Waals surface area contributed by atoms with E-state index in [0.717, 1.165) is 16.5 Å². The predicted molar refractivity (Wildman–Crippen MR) is 78.7 cm³/mol. The van der Waals surface area contributed by atoms with Crippen molar-refractivity contribution in [1.82, 2.24) is 9.97 Å². The third-order valence-electron chi connectivity index (χ3n) is 3.05. The second-order valence-electron chi connectivity index (χ2n) is 4.55. The van der Waals surface area contributed by atoms with E-state index in [0.29, 0.717) is 11.4 Å². The van der Waals surface area contributed by atoms with Crippen LogP contribution in [0.1, 0.15) is 15.9 Å². The lowest BCUT2D eigenvalue weighted by Crippen LogP contribution is -2.13. The van der Waals surface area contributed by atoms with Gasteiger partial charge in [-0.3, -0.25) is 9.78 Å². The average Bonchev–Trinajstić information content (AvgIpc) is 2.49. The van der Waals surface area contributed by atoms with Crippen molar-refractivity contribution >= 4 is 22.6 Å². The second kappa shape index (κ2) is 5.09. The second-order valence-corrected chi connectivity index (χ2v) is 4.55. The first-order valence-electron chi connectivity index (χ1n) is 6.32. The van der Waals surface area contributed by atoms with Gasteiger partial charge in [0.1, 0.15) is 5.82 Å². The van der Waals surface area contributed by atoms with E-state index in [1.807, 2.05) is 37.3 Å². The number of carbonyl (C=O) groups is 1. The normalized spacial score (nSPS) is 10.4. The van der Waals surface area contributed by atoms with Crippen molar-refractivity contribution in [1.29, 1.82) is 0 Å². The van der Waals surface area contributed by atoms with Gasteiger partial charge in [-0.05, 0) is 30.7 Å². The van der Waals surface area contributed by atoms with Crippen LogP contribution in [0.4, 0.5) is 5.82 Å². The lowest BCUT2D eigenvalue weighted by molar-refractivity contribution is 0.102. The highest BCUT2D eigenvalue weighted by atomic mass is 16.1. The first kappa shape index (κ1) is 12.3. The number of pyridine rings is 2. The highest BCUT2D eigenvalue weighted by Crippen LogP contribution is 2.17. The topological polar surface area (TPSA) is 54.9 Å². The molecule has 0 radical (unpaired) electrons. The number of fused-ring (bicyclic) bond motifs is 1. The number of aryl methyl sites for hydroxylation is 1. The Bertz CT molecular complexity index is 761. The average molecular weight is 263 g/mol. The van der Waals surface area contributed by atoms with E-state index in [1.54, 1.807) is 24.5 Å². The van der Waals surface area contributed by atoms with E-state index < -0.39 is 0 Å². The monoisotopic (exact) mass is 263 g/mol. The van der Waals surface area contributed by atoms with Gasteiger partial charge in [0.05, 0.1) is 11.1 Å². The molecule has 1 amide bonds. The summed E-state index contributed by atoms with van der Waals surface area (Å²) in [6.07, 6.45) is 3.36. The minimum atomic E-state index is -0.181. The molecule has 0 bridgehead atoms. The van der Waals surface area contributed by atoms with Gasteiger partial charge in [-0.25, -0.2) is 4.98 Å². The van der Waals surface area contributed by atoms with Gasteiger partial charge in [-0.15, -0.1) is 0 Å². The number of rotatable bonds is 2. The minimum Gasteiger partial charge on any atom is -0.307 e. The quantitative estimate of drug-likeness (QED) is 0.772. The summed E-state index contributed by atoms with van der Waals surface area (Å²) in [5, 5.41) is 3.63. The summed E-state index contributed by atoms with van der Waals surface area (Å²) >= 11 is 0. The zero-order chi connectivity index (χ0) is 13.9. The first-order valence-corrected chi connectivity index (χ1v) is 6.32. The maximum absolute atomic E-state index is 12.3. The number of anilines is 1. The number of hydrogen-bond acceptors (Lipinski definition) is 3.